The molecule has 0 saturated carbocycles. The SMILES string of the molecule is O=C(Cn1nc2c(SCc3ccc(Cl)cc3)nccn2c1=O)NCc1ccco1. The number of hydrogen-bond donors (Lipinski definition) is 1. The molecular formula is C19H16ClN5O3S. The Kier molecular flexibility index (Phi) is 5.68. The maximum Gasteiger partial charge on any atom is 0.350 e. The summed E-state index contributed by atoms with van der Waals surface area (Å²) in [6, 6.07) is 11.0. The van der Waals surface area contributed by atoms with Crippen LogP contribution in [0.2, 0.25) is 5.02 Å². The third-order valence-electron chi connectivity index (χ3n) is 4.09. The number of nitrogens with one attached hydrogen (secondary N) is 1. The van der Waals surface area contributed by atoms with Crippen molar-refractivity contribution in [2.75, 3.05) is 0 Å². The van der Waals surface area contributed by atoms with Gasteiger partial charge in [-0.15, -0.1) is 5.10 Å². The molecule has 148 valence electrons. The van der Waals surface area contributed by atoms with E-state index in [0.29, 0.717) is 27.2 Å². The minimum atomic E-state index is -0.399. The van der Waals surface area contributed by atoms with E-state index in [2.05, 4.69) is 15.4 Å². The standard InChI is InChI=1S/C19H16ClN5O3S/c20-14-5-3-13(4-6-14)12-29-18-17-23-25(19(27)24(17)8-7-21-18)11-16(26)22-10-15-2-1-9-28-15/h1-9H,10-12H2,(H,22,26). The maximum absolute atomic E-state index is 12.6. The Bertz CT molecular complexity index is 1190. The van der Waals surface area contributed by atoms with E-state index in [4.69, 9.17) is 16.0 Å². The van der Waals surface area contributed by atoms with Crippen LogP contribution in [0.1, 0.15) is 11.3 Å². The monoisotopic (exact) mass is 429 g/mol. The lowest BCUT2D eigenvalue weighted by Crippen LogP contribution is -2.32. The van der Waals surface area contributed by atoms with Gasteiger partial charge >= 0.3 is 5.69 Å². The molecule has 0 aliphatic rings. The average Bonchev–Trinajstić information content (AvgIpc) is 3.35. The number of benzene rings is 1. The van der Waals surface area contributed by atoms with E-state index in [-0.39, 0.29) is 19.0 Å². The number of carbonyl (C=O) groups excluding carboxylic acids is 1. The van der Waals surface area contributed by atoms with Crippen LogP contribution in [0.25, 0.3) is 5.65 Å². The second kappa shape index (κ2) is 8.54. The van der Waals surface area contributed by atoms with Gasteiger partial charge in [-0.05, 0) is 29.8 Å². The molecule has 10 heteroatoms. The molecule has 1 aromatic carbocycles. The average molecular weight is 430 g/mol. The van der Waals surface area contributed by atoms with Gasteiger partial charge in [0, 0.05) is 23.2 Å². The van der Waals surface area contributed by atoms with E-state index in [0.717, 1.165) is 10.2 Å². The third-order valence-corrected chi connectivity index (χ3v) is 5.38. The number of rotatable bonds is 7. The number of halogens is 1. The molecular weight excluding hydrogens is 414 g/mol. The molecule has 0 aliphatic heterocycles. The molecule has 0 unspecified atom stereocenters. The van der Waals surface area contributed by atoms with Crippen LogP contribution in [0.4, 0.5) is 0 Å². The third kappa shape index (κ3) is 4.52. The molecule has 4 aromatic rings. The summed E-state index contributed by atoms with van der Waals surface area (Å²) in [5.74, 6) is 0.940. The number of thioether (sulfide) groups is 1. The highest BCUT2D eigenvalue weighted by atomic mass is 35.5. The molecule has 0 saturated heterocycles. The first-order valence-electron chi connectivity index (χ1n) is 8.70. The Morgan fingerprint density at radius 2 is 2.07 bits per heavy atom. The summed E-state index contributed by atoms with van der Waals surface area (Å²) < 4.78 is 7.68. The first-order chi connectivity index (χ1) is 14.1. The lowest BCUT2D eigenvalue weighted by atomic mass is 10.2. The van der Waals surface area contributed by atoms with Crippen LogP contribution in [0.5, 0.6) is 0 Å². The maximum atomic E-state index is 12.6. The van der Waals surface area contributed by atoms with Crippen molar-refractivity contribution in [3.63, 3.8) is 0 Å². The fourth-order valence-corrected chi connectivity index (χ4v) is 3.68. The summed E-state index contributed by atoms with van der Waals surface area (Å²) in [5, 5.41) is 8.28. The van der Waals surface area contributed by atoms with Crippen molar-refractivity contribution in [2.24, 2.45) is 0 Å². The Hall–Kier alpha value is -3.04. The first kappa shape index (κ1) is 19.3. The number of nitrogens with zero attached hydrogens (tertiary/aromatic N) is 4. The van der Waals surface area contributed by atoms with Crippen LogP contribution in [0.3, 0.4) is 0 Å². The number of amides is 1. The molecule has 8 nitrogen and oxygen atoms in total. The molecule has 3 aromatic heterocycles. The van der Waals surface area contributed by atoms with E-state index in [1.54, 1.807) is 18.3 Å². The molecule has 0 spiro atoms. The van der Waals surface area contributed by atoms with Gasteiger partial charge in [-0.1, -0.05) is 35.5 Å². The first-order valence-corrected chi connectivity index (χ1v) is 10.1. The van der Waals surface area contributed by atoms with Crippen molar-refractivity contribution in [2.45, 2.75) is 23.9 Å². The lowest BCUT2D eigenvalue weighted by molar-refractivity contribution is -0.122. The van der Waals surface area contributed by atoms with Gasteiger partial charge in [-0.25, -0.2) is 18.9 Å². The fourth-order valence-electron chi connectivity index (χ4n) is 2.65. The van der Waals surface area contributed by atoms with Crippen molar-refractivity contribution in [1.82, 2.24) is 24.5 Å². The number of hydrogen-bond acceptors (Lipinski definition) is 6. The normalized spacial score (nSPS) is 11.1. The van der Waals surface area contributed by atoms with Gasteiger partial charge in [0.1, 0.15) is 17.3 Å². The Labute approximate surface area is 174 Å². The largest absolute Gasteiger partial charge is 0.467 e. The van der Waals surface area contributed by atoms with Gasteiger partial charge in [-0.3, -0.25) is 4.79 Å². The lowest BCUT2D eigenvalue weighted by Gasteiger charge is -2.02. The van der Waals surface area contributed by atoms with Gasteiger partial charge in [-0.2, -0.15) is 0 Å². The summed E-state index contributed by atoms with van der Waals surface area (Å²) in [5.41, 5.74) is 1.08. The highest BCUT2D eigenvalue weighted by Crippen LogP contribution is 2.24. The number of furan rings is 1. The van der Waals surface area contributed by atoms with Gasteiger partial charge in [0.15, 0.2) is 5.65 Å². The predicted molar refractivity (Wildman–Crippen MR) is 109 cm³/mol. The molecule has 0 radical (unpaired) electrons. The van der Waals surface area contributed by atoms with Crippen molar-refractivity contribution >= 4 is 34.9 Å². The van der Waals surface area contributed by atoms with Gasteiger partial charge in [0.05, 0.1) is 12.8 Å². The summed E-state index contributed by atoms with van der Waals surface area (Å²) in [4.78, 5) is 29.1. The second-order valence-electron chi connectivity index (χ2n) is 6.14. The topological polar surface area (TPSA) is 94.4 Å². The zero-order valence-electron chi connectivity index (χ0n) is 15.1. The van der Waals surface area contributed by atoms with Crippen LogP contribution in [-0.2, 0) is 23.6 Å². The molecule has 0 fully saturated rings. The van der Waals surface area contributed by atoms with Crippen LogP contribution >= 0.6 is 23.4 Å². The van der Waals surface area contributed by atoms with Crippen LogP contribution < -0.4 is 11.0 Å². The molecule has 0 atom stereocenters. The molecule has 1 amide bonds. The van der Waals surface area contributed by atoms with E-state index in [9.17, 15) is 9.59 Å². The summed E-state index contributed by atoms with van der Waals surface area (Å²) in [6.45, 7) is 0.0558. The van der Waals surface area contributed by atoms with Crippen LogP contribution in [0, 0.1) is 0 Å². The van der Waals surface area contributed by atoms with Crippen molar-refractivity contribution in [1.29, 1.82) is 0 Å². The predicted octanol–water partition coefficient (Wildman–Crippen LogP) is 2.75. The summed E-state index contributed by atoms with van der Waals surface area (Å²) in [6.07, 6.45) is 4.61. The molecule has 4 rings (SSSR count). The zero-order valence-corrected chi connectivity index (χ0v) is 16.7. The van der Waals surface area contributed by atoms with Crippen molar-refractivity contribution < 1.29 is 9.21 Å². The summed E-state index contributed by atoms with van der Waals surface area (Å²) >= 11 is 7.37. The molecule has 1 N–H and O–H groups in total. The van der Waals surface area contributed by atoms with E-state index in [1.807, 2.05) is 24.3 Å². The Balaban J connectivity index is 1.48. The fraction of sp³-hybridized carbons (Fsp3) is 0.158. The number of carbonyl (C=O) groups is 1. The van der Waals surface area contributed by atoms with Crippen LogP contribution in [-0.4, -0.2) is 25.1 Å². The summed E-state index contributed by atoms with van der Waals surface area (Å²) in [7, 11) is 0. The Morgan fingerprint density at radius 1 is 1.24 bits per heavy atom. The highest BCUT2D eigenvalue weighted by molar-refractivity contribution is 7.98. The Morgan fingerprint density at radius 3 is 2.83 bits per heavy atom. The van der Waals surface area contributed by atoms with Crippen molar-refractivity contribution in [3.05, 3.63) is 81.9 Å². The minimum Gasteiger partial charge on any atom is -0.467 e. The van der Waals surface area contributed by atoms with Gasteiger partial charge in [0.25, 0.3) is 0 Å². The van der Waals surface area contributed by atoms with Crippen LogP contribution in [0.15, 0.2) is 69.3 Å². The smallest absolute Gasteiger partial charge is 0.350 e. The number of fused-ring (bicyclic) bond motifs is 1. The quantitative estimate of drug-likeness (QED) is 0.454. The zero-order chi connectivity index (χ0) is 20.2. The molecule has 29 heavy (non-hydrogen) atoms. The number of aromatic nitrogens is 4. The van der Waals surface area contributed by atoms with Gasteiger partial charge < -0.3 is 9.73 Å². The van der Waals surface area contributed by atoms with E-state index >= 15 is 0 Å². The molecule has 3 heterocycles. The second-order valence-corrected chi connectivity index (χ2v) is 7.54. The highest BCUT2D eigenvalue weighted by Gasteiger charge is 2.14. The van der Waals surface area contributed by atoms with Gasteiger partial charge in [0.2, 0.25) is 5.91 Å². The molecule has 0 bridgehead atoms. The molecule has 0 aliphatic carbocycles. The van der Waals surface area contributed by atoms with E-state index in [1.165, 1.54) is 28.6 Å². The van der Waals surface area contributed by atoms with E-state index < -0.39 is 5.69 Å². The van der Waals surface area contributed by atoms with Crippen molar-refractivity contribution in [3.8, 4) is 0 Å². The minimum absolute atomic E-state index is 0.192.